The smallest absolute Gasteiger partial charge is 0.0617 e. The number of anilines is 1. The van der Waals surface area contributed by atoms with Crippen LogP contribution in [0.2, 0.25) is 0 Å². The van der Waals surface area contributed by atoms with Gasteiger partial charge in [-0.2, -0.15) is 0 Å². The van der Waals surface area contributed by atoms with E-state index in [1.54, 1.807) is 6.07 Å². The second kappa shape index (κ2) is 12.1. The van der Waals surface area contributed by atoms with Gasteiger partial charge in [-0.15, -0.1) is 0 Å². The number of hydrogen-bond acceptors (Lipinski definition) is 5. The maximum atomic E-state index is 13.9. The summed E-state index contributed by atoms with van der Waals surface area (Å²) in [6.07, 6.45) is -2.97. The third-order valence-electron chi connectivity index (χ3n) is 6.38. The Labute approximate surface area is 208 Å². The summed E-state index contributed by atoms with van der Waals surface area (Å²) < 4.78 is 48.3. The number of hydrogen-bond donors (Lipinski definition) is 1. The Morgan fingerprint density at radius 3 is 2.56 bits per heavy atom. The molecule has 0 bridgehead atoms. The van der Waals surface area contributed by atoms with Crippen LogP contribution in [0.15, 0.2) is 34.4 Å². The number of benzene rings is 1. The molecule has 1 aliphatic heterocycles. The van der Waals surface area contributed by atoms with E-state index in [1.807, 2.05) is 32.9 Å². The predicted octanol–water partition coefficient (Wildman–Crippen LogP) is 4.83. The Balaban J connectivity index is 1.69. The van der Waals surface area contributed by atoms with E-state index in [2.05, 4.69) is 9.40 Å². The Bertz CT molecular complexity index is 968. The first-order valence-corrected chi connectivity index (χ1v) is 13.9. The van der Waals surface area contributed by atoms with Crippen molar-refractivity contribution < 1.29 is 32.6 Å². The number of nitrogens with one attached hydrogen (secondary N) is 1. The van der Waals surface area contributed by atoms with Gasteiger partial charge in [-0.3, -0.25) is 4.79 Å². The van der Waals surface area contributed by atoms with Crippen molar-refractivity contribution in [1.29, 1.82) is 0 Å². The van der Waals surface area contributed by atoms with Gasteiger partial charge < -0.3 is 4.74 Å². The van der Waals surface area contributed by atoms with E-state index < -0.39 is 24.8 Å². The van der Waals surface area contributed by atoms with Crippen molar-refractivity contribution in [3.63, 3.8) is 0 Å². The fourth-order valence-corrected chi connectivity index (χ4v) is 5.98. The second-order valence-corrected chi connectivity index (χ2v) is 11.7. The molecule has 2 unspecified atom stereocenters. The molecule has 3 rings (SSSR count). The van der Waals surface area contributed by atoms with Gasteiger partial charge >= 0.3 is 147 Å². The number of carbonyl (C=O) groups excluding carboxylic acids is 2. The van der Waals surface area contributed by atoms with Crippen LogP contribution < -0.4 is 10.1 Å². The van der Waals surface area contributed by atoms with E-state index in [0.29, 0.717) is 18.5 Å². The van der Waals surface area contributed by atoms with Crippen LogP contribution in [0.25, 0.3) is 0 Å². The molecule has 6 nitrogen and oxygen atoms in total. The fraction of sp³-hybridized carbons (Fsp3) is 0.520. The third kappa shape index (κ3) is 7.03. The average molecular weight is 591 g/mol. The molecule has 34 heavy (non-hydrogen) atoms. The van der Waals surface area contributed by atoms with Gasteiger partial charge in [-0.1, -0.05) is 20.8 Å². The van der Waals surface area contributed by atoms with Crippen molar-refractivity contribution in [2.45, 2.75) is 59.4 Å². The van der Waals surface area contributed by atoms with E-state index in [9.17, 15) is 18.4 Å². The van der Waals surface area contributed by atoms with Crippen LogP contribution in [0.4, 0.5) is 14.5 Å². The van der Waals surface area contributed by atoms with Crippen LogP contribution in [0.5, 0.6) is 5.75 Å². The Kier molecular flexibility index (Phi) is 9.52. The molecule has 1 aromatic carbocycles. The molecule has 2 aromatic rings. The first-order valence-electron chi connectivity index (χ1n) is 11.4. The summed E-state index contributed by atoms with van der Waals surface area (Å²) in [5, 5.41) is 2.71. The normalized spacial score (nSPS) is 24.6. The number of carbonyl (C=O) groups is 2. The first-order chi connectivity index (χ1) is 16.2. The van der Waals surface area contributed by atoms with E-state index in [4.69, 9.17) is 14.2 Å². The van der Waals surface area contributed by atoms with Gasteiger partial charge in [0.2, 0.25) is 0 Å². The second-order valence-electron chi connectivity index (χ2n) is 8.72. The summed E-state index contributed by atoms with van der Waals surface area (Å²) in [5.74, 6) is -0.437. The van der Waals surface area contributed by atoms with Crippen molar-refractivity contribution >= 4 is 38.0 Å². The topological polar surface area (TPSA) is 73.9 Å². The maximum absolute atomic E-state index is 13.9. The monoisotopic (exact) mass is 593 g/mol. The van der Waals surface area contributed by atoms with Gasteiger partial charge in [0.15, 0.2) is 0 Å². The molecule has 1 aromatic heterocycles. The molecule has 186 valence electrons. The summed E-state index contributed by atoms with van der Waals surface area (Å²) in [5.41, 5.74) is -0.0129. The number of alkyl halides is 2. The minimum atomic E-state index is -2.79. The van der Waals surface area contributed by atoms with Crippen molar-refractivity contribution in [1.82, 2.24) is 0 Å². The quantitative estimate of drug-likeness (QED) is 0.335. The molecule has 0 radical (unpaired) electrons. The zero-order chi connectivity index (χ0) is 24.8. The number of amides is 1. The number of rotatable bonds is 9. The van der Waals surface area contributed by atoms with Crippen molar-refractivity contribution in [2.24, 2.45) is 17.8 Å². The molecule has 9 heteroatoms. The van der Waals surface area contributed by atoms with E-state index in [0.717, 1.165) is 0 Å². The van der Waals surface area contributed by atoms with Crippen LogP contribution in [-0.2, 0) is 25.5 Å². The Morgan fingerprint density at radius 1 is 1.15 bits per heavy atom. The van der Waals surface area contributed by atoms with E-state index in [1.165, 1.54) is 22.6 Å². The van der Waals surface area contributed by atoms with E-state index >= 15 is 0 Å². The number of esters is 1. The van der Waals surface area contributed by atoms with Gasteiger partial charge in [0.1, 0.15) is 6.61 Å². The molecule has 1 N–H and O–H groups in total. The average Bonchev–Trinajstić information content (AvgIpc) is 3.31. The summed E-state index contributed by atoms with van der Waals surface area (Å²) in [6, 6.07) is 8.30. The van der Waals surface area contributed by atoms with Gasteiger partial charge in [0.25, 0.3) is 0 Å². The van der Waals surface area contributed by atoms with Crippen LogP contribution >= 0.6 is 0 Å². The molecule has 5 atom stereocenters. The molecular weight excluding hydrogens is 560 g/mol. The molecule has 0 aliphatic carbocycles. The molecular formula is C25H31F2NO5Te. The number of ether oxygens (including phenoxy) is 3. The van der Waals surface area contributed by atoms with Crippen LogP contribution in [0, 0.1) is 17.8 Å². The summed E-state index contributed by atoms with van der Waals surface area (Å²) in [6.45, 7) is 7.41. The molecule has 2 heterocycles. The van der Waals surface area contributed by atoms with Gasteiger partial charge in [-0.05, 0) is 11.8 Å². The number of aryl methyl sites for hydroxylation is 1. The van der Waals surface area contributed by atoms with Gasteiger partial charge in [-0.25, -0.2) is 0 Å². The zero-order valence-corrected chi connectivity index (χ0v) is 22.1. The SMILES string of the molecule is CC(=O)OCC1O[C@@H](Oc2ccc(NC(=O)CCc3ccc[te]3)cc2C(F)F)C(C)[C@@H](C)[C@H]1C. The summed E-state index contributed by atoms with van der Waals surface area (Å²) in [7, 11) is 0. The molecule has 1 fully saturated rings. The molecule has 1 saturated heterocycles. The predicted molar refractivity (Wildman–Crippen MR) is 125 cm³/mol. The Morgan fingerprint density at radius 2 is 1.91 bits per heavy atom. The fourth-order valence-electron chi connectivity index (χ4n) is 3.96. The summed E-state index contributed by atoms with van der Waals surface area (Å²) in [4.78, 5) is 23.5. The van der Waals surface area contributed by atoms with E-state index in [-0.39, 0.29) is 62.0 Å². The minimum Gasteiger partial charge on any atom is -0.0617 e. The van der Waals surface area contributed by atoms with Crippen molar-refractivity contribution in [2.75, 3.05) is 11.9 Å². The molecule has 1 amide bonds. The van der Waals surface area contributed by atoms with Gasteiger partial charge in [0, 0.05) is 6.92 Å². The summed E-state index contributed by atoms with van der Waals surface area (Å²) >= 11 is -0.289. The first kappa shape index (κ1) is 26.7. The number of halogens is 2. The van der Waals surface area contributed by atoms with Crippen LogP contribution in [0.3, 0.4) is 0 Å². The zero-order valence-electron chi connectivity index (χ0n) is 19.8. The van der Waals surface area contributed by atoms with Crippen molar-refractivity contribution in [3.05, 3.63) is 43.6 Å². The Hall–Kier alpha value is -1.95. The van der Waals surface area contributed by atoms with Crippen molar-refractivity contribution in [3.8, 4) is 5.75 Å². The standard InChI is InChI=1S/C25H31F2NO5Te/c1-14-15(2)22(13-31-17(4)29)33-25(16(14)3)32-21-9-7-18(12-20(21)24(26)27)28-23(30)10-8-19-6-5-11-34-19/h5-7,9,11-12,14-16,22,24-25H,8,10,13H2,1-4H3,(H,28,30)/t14-,15+,16?,22?,25+/m0/s1. The molecule has 1 aliphatic rings. The van der Waals surface area contributed by atoms with Gasteiger partial charge in [0.05, 0.1) is 6.10 Å². The minimum absolute atomic E-state index is 0.00522. The molecule has 0 saturated carbocycles. The molecule has 0 spiro atoms. The van der Waals surface area contributed by atoms with Crippen LogP contribution in [0.1, 0.15) is 49.7 Å². The van der Waals surface area contributed by atoms with Crippen LogP contribution in [-0.4, -0.2) is 51.3 Å². The third-order valence-corrected chi connectivity index (χ3v) is 9.06.